The van der Waals surface area contributed by atoms with Gasteiger partial charge in [-0.3, -0.25) is 9.78 Å². The first-order chi connectivity index (χ1) is 13.7. The smallest absolute Gasteiger partial charge is 0.274 e. The predicted octanol–water partition coefficient (Wildman–Crippen LogP) is 3.57. The van der Waals surface area contributed by atoms with Crippen molar-refractivity contribution >= 4 is 5.91 Å². The van der Waals surface area contributed by atoms with Gasteiger partial charge in [-0.25, -0.2) is 4.68 Å². The molecule has 1 amide bonds. The molecular weight excluding hydrogens is 350 g/mol. The van der Waals surface area contributed by atoms with E-state index in [1.807, 2.05) is 73.7 Å². The third-order valence-corrected chi connectivity index (χ3v) is 4.39. The van der Waals surface area contributed by atoms with E-state index in [0.29, 0.717) is 12.2 Å². The van der Waals surface area contributed by atoms with Crippen molar-refractivity contribution in [3.05, 3.63) is 95.9 Å². The van der Waals surface area contributed by atoms with Crippen LogP contribution in [-0.4, -0.2) is 25.9 Å². The van der Waals surface area contributed by atoms with Crippen LogP contribution in [0.5, 0.6) is 0 Å². The zero-order valence-corrected chi connectivity index (χ0v) is 15.4. The normalized spacial score (nSPS) is 10.6. The Bertz CT molecular complexity index is 1070. The summed E-state index contributed by atoms with van der Waals surface area (Å²) in [5, 5.41) is 11.3. The van der Waals surface area contributed by atoms with Crippen molar-refractivity contribution in [2.24, 2.45) is 0 Å². The van der Waals surface area contributed by atoms with E-state index in [0.717, 1.165) is 16.8 Å². The van der Waals surface area contributed by atoms with Crippen LogP contribution in [0.25, 0.3) is 16.9 Å². The van der Waals surface area contributed by atoms with Gasteiger partial charge in [0.1, 0.15) is 5.69 Å². The van der Waals surface area contributed by atoms with E-state index in [-0.39, 0.29) is 11.6 Å². The lowest BCUT2D eigenvalue weighted by molar-refractivity contribution is 0.0946. The Hall–Kier alpha value is -3.80. The summed E-state index contributed by atoms with van der Waals surface area (Å²) in [6, 6.07) is 21.4. The third-order valence-electron chi connectivity index (χ3n) is 4.39. The summed E-state index contributed by atoms with van der Waals surface area (Å²) in [5.74, 6) is -0.276. The molecule has 2 heterocycles. The summed E-state index contributed by atoms with van der Waals surface area (Å²) in [4.78, 5) is 17.1. The number of pyridine rings is 1. The number of hydrogen-bond donors (Lipinski definition) is 1. The largest absolute Gasteiger partial charge is 0.346 e. The van der Waals surface area contributed by atoms with Crippen LogP contribution >= 0.6 is 0 Å². The lowest BCUT2D eigenvalue weighted by Gasteiger charge is -2.09. The van der Waals surface area contributed by atoms with Crippen LogP contribution in [-0.2, 0) is 6.54 Å². The molecule has 0 aliphatic rings. The lowest BCUT2D eigenvalue weighted by Crippen LogP contribution is -2.24. The van der Waals surface area contributed by atoms with E-state index in [4.69, 9.17) is 0 Å². The van der Waals surface area contributed by atoms with E-state index in [9.17, 15) is 4.79 Å². The fourth-order valence-corrected chi connectivity index (χ4v) is 2.92. The molecule has 0 aliphatic carbocycles. The molecule has 4 rings (SSSR count). The van der Waals surface area contributed by atoms with Gasteiger partial charge in [-0.1, -0.05) is 53.2 Å². The molecule has 0 spiro atoms. The van der Waals surface area contributed by atoms with Crippen LogP contribution in [0, 0.1) is 6.92 Å². The summed E-state index contributed by atoms with van der Waals surface area (Å²) >= 11 is 0. The first-order valence-corrected chi connectivity index (χ1v) is 8.97. The Labute approximate surface area is 162 Å². The van der Waals surface area contributed by atoms with Crippen molar-refractivity contribution in [2.45, 2.75) is 13.5 Å². The van der Waals surface area contributed by atoms with Crippen LogP contribution in [0.2, 0.25) is 0 Å². The maximum Gasteiger partial charge on any atom is 0.274 e. The zero-order chi connectivity index (χ0) is 19.3. The molecule has 2 aromatic heterocycles. The molecule has 2 aromatic carbocycles. The molecule has 0 saturated carbocycles. The highest BCUT2D eigenvalue weighted by Crippen LogP contribution is 2.24. The van der Waals surface area contributed by atoms with Gasteiger partial charge >= 0.3 is 0 Å². The maximum absolute atomic E-state index is 12.9. The average molecular weight is 369 g/mol. The second kappa shape index (κ2) is 7.84. The minimum absolute atomic E-state index is 0.268. The van der Waals surface area contributed by atoms with E-state index < -0.39 is 0 Å². The number of carbonyl (C=O) groups excluding carboxylic acids is 1. The van der Waals surface area contributed by atoms with Gasteiger partial charge in [-0.05, 0) is 36.8 Å². The number of amides is 1. The highest BCUT2D eigenvalue weighted by Gasteiger charge is 2.22. The van der Waals surface area contributed by atoms with Crippen molar-refractivity contribution < 1.29 is 4.79 Å². The van der Waals surface area contributed by atoms with Crippen molar-refractivity contribution in [1.29, 1.82) is 0 Å². The molecule has 1 N–H and O–H groups in total. The topological polar surface area (TPSA) is 72.7 Å². The highest BCUT2D eigenvalue weighted by molar-refractivity contribution is 5.98. The van der Waals surface area contributed by atoms with E-state index in [1.54, 1.807) is 17.1 Å². The Morgan fingerprint density at radius 1 is 1.00 bits per heavy atom. The fraction of sp³-hybridized carbons (Fsp3) is 0.0909. The molecule has 6 heteroatoms. The highest BCUT2D eigenvalue weighted by atomic mass is 16.2. The second-order valence-electron chi connectivity index (χ2n) is 6.44. The lowest BCUT2D eigenvalue weighted by atomic mass is 10.1. The quantitative estimate of drug-likeness (QED) is 0.584. The zero-order valence-electron chi connectivity index (χ0n) is 15.4. The molecule has 0 bridgehead atoms. The monoisotopic (exact) mass is 369 g/mol. The molecular formula is C22H19N5O. The summed E-state index contributed by atoms with van der Waals surface area (Å²) in [6.07, 6.45) is 3.40. The fourth-order valence-electron chi connectivity index (χ4n) is 2.92. The number of nitrogens with zero attached hydrogens (tertiary/aromatic N) is 4. The molecule has 6 nitrogen and oxygen atoms in total. The molecule has 138 valence electrons. The van der Waals surface area contributed by atoms with Gasteiger partial charge in [-0.15, -0.1) is 5.10 Å². The van der Waals surface area contributed by atoms with Crippen LogP contribution in [0.4, 0.5) is 0 Å². The van der Waals surface area contributed by atoms with Crippen LogP contribution in [0.3, 0.4) is 0 Å². The van der Waals surface area contributed by atoms with Gasteiger partial charge in [-0.2, -0.15) is 0 Å². The third kappa shape index (κ3) is 3.66. The van der Waals surface area contributed by atoms with Crippen molar-refractivity contribution in [3.63, 3.8) is 0 Å². The number of hydrogen-bond acceptors (Lipinski definition) is 4. The van der Waals surface area contributed by atoms with Gasteiger partial charge < -0.3 is 5.32 Å². The summed E-state index contributed by atoms with van der Waals surface area (Å²) in [6.45, 7) is 2.45. The van der Waals surface area contributed by atoms with Gasteiger partial charge in [0.15, 0.2) is 5.69 Å². The first-order valence-electron chi connectivity index (χ1n) is 8.97. The number of benzene rings is 2. The molecule has 0 atom stereocenters. The minimum atomic E-state index is -0.276. The van der Waals surface area contributed by atoms with Gasteiger partial charge in [0.2, 0.25) is 0 Å². The number of rotatable bonds is 5. The minimum Gasteiger partial charge on any atom is -0.346 e. The number of nitrogens with one attached hydrogen (secondary N) is 1. The van der Waals surface area contributed by atoms with Crippen molar-refractivity contribution in [1.82, 2.24) is 25.3 Å². The Balaban J connectivity index is 1.67. The molecule has 28 heavy (non-hydrogen) atoms. The number of aryl methyl sites for hydroxylation is 1. The van der Waals surface area contributed by atoms with Gasteiger partial charge in [0, 0.05) is 24.5 Å². The van der Waals surface area contributed by atoms with E-state index in [1.165, 1.54) is 5.56 Å². The van der Waals surface area contributed by atoms with Crippen LogP contribution in [0.1, 0.15) is 21.6 Å². The van der Waals surface area contributed by atoms with Crippen molar-refractivity contribution in [2.75, 3.05) is 0 Å². The van der Waals surface area contributed by atoms with Gasteiger partial charge in [0.25, 0.3) is 5.91 Å². The number of para-hydroxylation sites is 1. The Morgan fingerprint density at radius 2 is 1.79 bits per heavy atom. The maximum atomic E-state index is 12.9. The molecule has 0 fully saturated rings. The van der Waals surface area contributed by atoms with Gasteiger partial charge in [0.05, 0.1) is 5.69 Å². The predicted molar refractivity (Wildman–Crippen MR) is 107 cm³/mol. The molecule has 0 saturated heterocycles. The van der Waals surface area contributed by atoms with E-state index in [2.05, 4.69) is 20.6 Å². The summed E-state index contributed by atoms with van der Waals surface area (Å²) in [5.41, 5.74) is 4.69. The molecule has 4 aromatic rings. The van der Waals surface area contributed by atoms with Crippen molar-refractivity contribution in [3.8, 4) is 16.9 Å². The SMILES string of the molecule is Cc1ccc(CNC(=O)c2nnn(-c3ccccc3)c2-c2cccnc2)cc1. The van der Waals surface area contributed by atoms with Crippen LogP contribution < -0.4 is 5.32 Å². The molecule has 0 unspecified atom stereocenters. The Morgan fingerprint density at radius 3 is 2.50 bits per heavy atom. The summed E-state index contributed by atoms with van der Waals surface area (Å²) in [7, 11) is 0. The number of carbonyl (C=O) groups is 1. The van der Waals surface area contributed by atoms with Crippen LogP contribution in [0.15, 0.2) is 79.1 Å². The number of aromatic nitrogens is 4. The van der Waals surface area contributed by atoms with E-state index >= 15 is 0 Å². The molecule has 0 radical (unpaired) electrons. The Kier molecular flexibility index (Phi) is 4.93. The second-order valence-corrected chi connectivity index (χ2v) is 6.44. The standard InChI is InChI=1S/C22H19N5O/c1-16-9-11-17(12-10-16)14-24-22(28)20-21(18-6-5-13-23-15-18)27(26-25-20)19-7-3-2-4-8-19/h2-13,15H,14H2,1H3,(H,24,28). The molecule has 0 aliphatic heterocycles. The first kappa shape index (κ1) is 17.6. The summed E-state index contributed by atoms with van der Waals surface area (Å²) < 4.78 is 1.66. The average Bonchev–Trinajstić information content (AvgIpc) is 3.20.